The Balaban J connectivity index is 0.666. The van der Waals surface area contributed by atoms with Crippen LogP contribution in [0.15, 0.2) is 450 Å². The van der Waals surface area contributed by atoms with Crippen LogP contribution >= 0.6 is 0 Å². The van der Waals surface area contributed by atoms with E-state index in [0.717, 1.165) is 260 Å². The molecule has 0 aliphatic carbocycles. The van der Waals surface area contributed by atoms with Gasteiger partial charge in [-0.3, -0.25) is 9.13 Å². The number of furan rings is 3. The summed E-state index contributed by atoms with van der Waals surface area (Å²) in [6.07, 6.45) is 0. The minimum absolute atomic E-state index is 0.532. The summed E-state index contributed by atoms with van der Waals surface area (Å²) in [6, 6.07) is 157. The quantitative estimate of drug-likeness (QED) is 0.113. The van der Waals surface area contributed by atoms with Crippen molar-refractivity contribution in [1.29, 1.82) is 0 Å². The van der Waals surface area contributed by atoms with Crippen LogP contribution in [0.1, 0.15) is 0 Å². The molecule has 0 atom stereocenters. The molecule has 11 heteroatoms. The molecular weight excluding hydrogens is 1630 g/mol. The number of fused-ring (bicyclic) bond motifs is 21. The summed E-state index contributed by atoms with van der Waals surface area (Å²) >= 11 is 0. The van der Waals surface area contributed by atoms with Gasteiger partial charge in [0, 0.05) is 115 Å². The minimum atomic E-state index is 0.532. The molecule has 19 aromatic carbocycles. The van der Waals surface area contributed by atoms with Crippen molar-refractivity contribution in [3.63, 3.8) is 0 Å². The Morgan fingerprint density at radius 1 is 0.173 bits per heavy atom. The van der Waals surface area contributed by atoms with Crippen LogP contribution in [0.2, 0.25) is 0 Å². The molecule has 0 aliphatic rings. The number of rotatable bonds is 13. The van der Waals surface area contributed by atoms with Gasteiger partial charge < -0.3 is 22.4 Å². The van der Waals surface area contributed by atoms with E-state index in [1.807, 2.05) is 36.4 Å². The predicted octanol–water partition coefficient (Wildman–Crippen LogP) is 32.4. The van der Waals surface area contributed by atoms with Gasteiger partial charge in [-0.25, -0.2) is 19.9 Å². The van der Waals surface area contributed by atoms with Gasteiger partial charge in [-0.15, -0.1) is 0 Å². The van der Waals surface area contributed by atoms with Crippen LogP contribution in [0.25, 0.3) is 277 Å². The summed E-state index contributed by atoms with van der Waals surface area (Å²) in [4.78, 5) is 22.2. The number of aromatic nitrogens is 8. The van der Waals surface area contributed by atoms with Crippen molar-refractivity contribution < 1.29 is 13.3 Å². The van der Waals surface area contributed by atoms with E-state index in [-0.39, 0.29) is 0 Å². The average molecular weight is 1700 g/mol. The SMILES string of the molecule is c1ccc(-c2cc(-n3c4ccccc4c4cc(-c5ccc6c(c5)c5ccccc5n6-c5cccc6c5oc5ccccc56)c(-c5ccc6oc7c(-c8ccc9c%10cc(-c%11ccc%12c(c%11)c%11ccccc%11n%12-c%11ccccc%11)c(-c%11ccc%12oc%13ccccc%13c%12c%11)cc%10n(-c%10nc(-c%11ccccc%11)cc(-c%11ccccc%11)n%10)c9c8)cccc7c6c5)cc43)nc(-c3ccccc3)n2)cc1. The standard InChI is InChI=1S/C122H72N8O3/c1-6-28-73(29-7-1)102-71-103(74-30-8-2-9-31-74)125-122(124-102)130-111-66-81(52-57-87(111)99-68-93(95(70-113(99)130)79-55-60-116-100(64-79)89-42-20-24-50-114(89)131-116)77-53-58-108-96(62-77)84-38-16-21-46-105(84)127(108)82-36-14-5-15-37-82)83-43-26-44-91-101-65-80(56-61-117(101)132-119(83)91)94-69-112-98(86-40-18-23-48-107(86)129(112)118-72-104(75-32-10-3-11-33-75)123-121(126-118)76-34-12-4-13-35-76)67-92(94)78-54-59-109-97(63-78)85-39-17-22-47-106(85)128(109)110-49-27-45-90-88-41-19-25-51-115(88)133-120(90)110/h1-72H. The van der Waals surface area contributed by atoms with Crippen LogP contribution in [0.4, 0.5) is 0 Å². The Labute approximate surface area is 760 Å². The van der Waals surface area contributed by atoms with E-state index in [1.54, 1.807) is 0 Å². The van der Waals surface area contributed by atoms with Gasteiger partial charge in [0.2, 0.25) is 5.95 Å². The van der Waals surface area contributed by atoms with Crippen molar-refractivity contribution in [3.8, 4) is 124 Å². The number of hydrogen-bond acceptors (Lipinski definition) is 7. The maximum absolute atomic E-state index is 7.41. The van der Waals surface area contributed by atoms with Crippen molar-refractivity contribution in [2.75, 3.05) is 0 Å². The second-order valence-electron chi connectivity index (χ2n) is 34.6. The van der Waals surface area contributed by atoms with Crippen LogP contribution in [0.5, 0.6) is 0 Å². The number of hydrogen-bond donors (Lipinski definition) is 0. The fourth-order valence-corrected chi connectivity index (χ4v) is 21.1. The minimum Gasteiger partial charge on any atom is -0.456 e. The van der Waals surface area contributed by atoms with Crippen molar-refractivity contribution >= 4 is 153 Å². The van der Waals surface area contributed by atoms with E-state index in [2.05, 4.69) is 419 Å². The summed E-state index contributed by atoms with van der Waals surface area (Å²) < 4.78 is 30.2. The first-order valence-electron chi connectivity index (χ1n) is 45.0. The molecule has 0 fully saturated rings. The van der Waals surface area contributed by atoms with E-state index in [0.29, 0.717) is 11.8 Å². The topological polar surface area (TPSA) is 111 Å². The molecule has 0 bridgehead atoms. The maximum atomic E-state index is 7.41. The zero-order valence-corrected chi connectivity index (χ0v) is 71.4. The molecule has 0 unspecified atom stereocenters. The lowest BCUT2D eigenvalue weighted by molar-refractivity contribution is 0.666. The summed E-state index contributed by atoms with van der Waals surface area (Å²) in [5, 5.41) is 15.1. The van der Waals surface area contributed by atoms with Crippen LogP contribution in [-0.4, -0.2) is 38.2 Å². The van der Waals surface area contributed by atoms with Gasteiger partial charge in [0.05, 0.1) is 66.9 Å². The monoisotopic (exact) mass is 1700 g/mol. The lowest BCUT2D eigenvalue weighted by Crippen LogP contribution is -2.04. The molecule has 0 amide bonds. The highest BCUT2D eigenvalue weighted by atomic mass is 16.3. The molecule has 618 valence electrons. The first-order valence-corrected chi connectivity index (χ1v) is 45.0. The largest absolute Gasteiger partial charge is 0.456 e. The summed E-state index contributed by atoms with van der Waals surface area (Å²) in [5.41, 5.74) is 31.9. The van der Waals surface area contributed by atoms with Gasteiger partial charge in [0.1, 0.15) is 33.7 Å². The van der Waals surface area contributed by atoms with E-state index < -0.39 is 0 Å². The van der Waals surface area contributed by atoms with Crippen LogP contribution in [0, 0.1) is 0 Å². The highest BCUT2D eigenvalue weighted by Crippen LogP contribution is 2.50. The Morgan fingerprint density at radius 2 is 0.549 bits per heavy atom. The highest BCUT2D eigenvalue weighted by molar-refractivity contribution is 6.20. The number of para-hydroxylation sites is 8. The van der Waals surface area contributed by atoms with E-state index in [9.17, 15) is 0 Å². The van der Waals surface area contributed by atoms with Gasteiger partial charge in [0.15, 0.2) is 11.4 Å². The molecule has 0 aliphatic heterocycles. The third-order valence-electron chi connectivity index (χ3n) is 27.2. The molecule has 28 aromatic rings. The summed E-state index contributed by atoms with van der Waals surface area (Å²) in [7, 11) is 0. The third-order valence-corrected chi connectivity index (χ3v) is 27.2. The lowest BCUT2D eigenvalue weighted by Gasteiger charge is -2.15. The fourth-order valence-electron chi connectivity index (χ4n) is 21.1. The highest BCUT2D eigenvalue weighted by Gasteiger charge is 2.28. The Morgan fingerprint density at radius 3 is 1.14 bits per heavy atom. The number of nitrogens with zero attached hydrogens (tertiary/aromatic N) is 8. The van der Waals surface area contributed by atoms with Gasteiger partial charge in [-0.1, -0.05) is 297 Å². The molecule has 0 saturated carbocycles. The Bertz CT molecular complexity index is 9600. The lowest BCUT2D eigenvalue weighted by atomic mass is 9.91. The van der Waals surface area contributed by atoms with Gasteiger partial charge >= 0.3 is 0 Å². The second-order valence-corrected chi connectivity index (χ2v) is 34.6. The van der Waals surface area contributed by atoms with Crippen molar-refractivity contribution in [3.05, 3.63) is 437 Å². The molecule has 0 radical (unpaired) electrons. The van der Waals surface area contributed by atoms with Crippen LogP contribution in [-0.2, 0) is 0 Å². The van der Waals surface area contributed by atoms with Gasteiger partial charge in [-0.2, -0.15) is 0 Å². The van der Waals surface area contributed by atoms with Crippen LogP contribution < -0.4 is 0 Å². The smallest absolute Gasteiger partial charge is 0.235 e. The molecule has 0 saturated heterocycles. The summed E-state index contributed by atoms with van der Waals surface area (Å²) in [6.45, 7) is 0. The van der Waals surface area contributed by atoms with Crippen LogP contribution in [0.3, 0.4) is 0 Å². The van der Waals surface area contributed by atoms with E-state index in [1.165, 1.54) is 5.39 Å². The molecule has 11 nitrogen and oxygen atoms in total. The predicted molar refractivity (Wildman–Crippen MR) is 546 cm³/mol. The maximum Gasteiger partial charge on any atom is 0.235 e. The van der Waals surface area contributed by atoms with Crippen molar-refractivity contribution in [2.24, 2.45) is 0 Å². The zero-order chi connectivity index (χ0) is 87.0. The van der Waals surface area contributed by atoms with Crippen molar-refractivity contribution in [1.82, 2.24) is 38.2 Å². The molecule has 0 N–H and O–H groups in total. The first kappa shape index (κ1) is 74.1. The van der Waals surface area contributed by atoms with Gasteiger partial charge in [0.25, 0.3) is 0 Å². The molecule has 9 heterocycles. The molecule has 133 heavy (non-hydrogen) atoms. The number of benzene rings is 19. The molecule has 9 aromatic heterocycles. The fraction of sp³-hybridized carbons (Fsp3) is 0. The Hall–Kier alpha value is -18.1. The molecule has 0 spiro atoms. The van der Waals surface area contributed by atoms with E-state index >= 15 is 0 Å². The van der Waals surface area contributed by atoms with E-state index in [4.69, 9.17) is 33.2 Å². The van der Waals surface area contributed by atoms with Crippen molar-refractivity contribution in [2.45, 2.75) is 0 Å². The second kappa shape index (κ2) is 29.2. The normalized spacial score (nSPS) is 12.1. The zero-order valence-electron chi connectivity index (χ0n) is 71.4. The molecule has 28 rings (SSSR count). The Kier molecular flexibility index (Phi) is 16.3. The first-order chi connectivity index (χ1) is 65.9. The third kappa shape index (κ3) is 11.7. The average Bonchev–Trinajstić information content (AvgIpc) is 1.56. The van der Waals surface area contributed by atoms with Gasteiger partial charge in [-0.05, 0) is 184 Å². The summed E-state index contributed by atoms with van der Waals surface area (Å²) in [5.74, 6) is 1.92. The molecular formula is C122H72N8O3.